The zero-order valence-electron chi connectivity index (χ0n) is 19.9. The van der Waals surface area contributed by atoms with Gasteiger partial charge in [-0.25, -0.2) is 0 Å². The minimum atomic E-state index is -1.03. The fraction of sp³-hybridized carbons (Fsp3) is 0.233. The first-order valence-electron chi connectivity index (χ1n) is 12.0. The van der Waals surface area contributed by atoms with Crippen molar-refractivity contribution in [3.05, 3.63) is 112 Å². The van der Waals surface area contributed by atoms with Crippen LogP contribution in [0, 0.1) is 0 Å². The molecule has 3 N–H and O–H groups in total. The summed E-state index contributed by atoms with van der Waals surface area (Å²) in [6.45, 7) is 1.81. The lowest BCUT2D eigenvalue weighted by molar-refractivity contribution is -0.0523. The monoisotopic (exact) mass is 484 g/mol. The highest BCUT2D eigenvalue weighted by Gasteiger charge is 2.41. The van der Waals surface area contributed by atoms with Crippen molar-refractivity contribution < 1.29 is 24.5 Å². The average molecular weight is 485 g/mol. The Morgan fingerprint density at radius 1 is 1.08 bits per heavy atom. The van der Waals surface area contributed by atoms with E-state index in [4.69, 9.17) is 9.15 Å². The maximum Gasteiger partial charge on any atom is 0.196 e. The van der Waals surface area contributed by atoms with Crippen LogP contribution in [0.15, 0.2) is 88.1 Å². The molecule has 3 unspecified atom stereocenters. The van der Waals surface area contributed by atoms with Crippen LogP contribution in [0.1, 0.15) is 41.9 Å². The third-order valence-electron chi connectivity index (χ3n) is 6.76. The van der Waals surface area contributed by atoms with Crippen LogP contribution in [0.25, 0.3) is 17.0 Å². The summed E-state index contributed by atoms with van der Waals surface area (Å²) in [6, 6.07) is 22.0. The van der Waals surface area contributed by atoms with E-state index >= 15 is 0 Å². The Morgan fingerprint density at radius 2 is 1.78 bits per heavy atom. The van der Waals surface area contributed by atoms with Crippen LogP contribution in [-0.2, 0) is 12.8 Å². The highest BCUT2D eigenvalue weighted by Crippen LogP contribution is 2.43. The molecule has 36 heavy (non-hydrogen) atoms. The first-order chi connectivity index (χ1) is 17.3. The molecule has 1 aromatic heterocycles. The van der Waals surface area contributed by atoms with Gasteiger partial charge in [-0.05, 0) is 18.1 Å². The van der Waals surface area contributed by atoms with E-state index in [0.717, 1.165) is 11.1 Å². The Morgan fingerprint density at radius 3 is 2.50 bits per heavy atom. The molecule has 0 fully saturated rings. The molecular weight excluding hydrogens is 456 g/mol. The third kappa shape index (κ3) is 4.65. The lowest BCUT2D eigenvalue weighted by Crippen LogP contribution is -2.48. The molecule has 5 rings (SSSR count). The van der Waals surface area contributed by atoms with Crippen LogP contribution in [0.3, 0.4) is 0 Å². The van der Waals surface area contributed by atoms with Crippen LogP contribution in [0.5, 0.6) is 11.5 Å². The van der Waals surface area contributed by atoms with Gasteiger partial charge in [-0.3, -0.25) is 4.79 Å². The van der Waals surface area contributed by atoms with Crippen LogP contribution < -0.4 is 10.2 Å². The Labute approximate surface area is 208 Å². The molecule has 6 heteroatoms. The van der Waals surface area contributed by atoms with Gasteiger partial charge in [0.1, 0.15) is 39.9 Å². The topological polar surface area (TPSA) is 100 Å². The Balaban J connectivity index is 1.46. The second kappa shape index (κ2) is 9.64. The summed E-state index contributed by atoms with van der Waals surface area (Å²) in [4.78, 5) is 12.9. The van der Waals surface area contributed by atoms with Crippen molar-refractivity contribution in [1.82, 2.24) is 0 Å². The van der Waals surface area contributed by atoms with E-state index < -0.39 is 23.2 Å². The lowest BCUT2D eigenvalue weighted by atomic mass is 9.86. The molecule has 0 radical (unpaired) electrons. The number of aliphatic hydroxyl groups excluding tert-OH is 2. The van der Waals surface area contributed by atoms with Crippen LogP contribution in [-0.4, -0.2) is 27.0 Å². The van der Waals surface area contributed by atoms with E-state index in [1.807, 2.05) is 79.7 Å². The Bertz CT molecular complexity index is 1460. The van der Waals surface area contributed by atoms with Gasteiger partial charge in [-0.1, -0.05) is 72.8 Å². The molecule has 2 heterocycles. The molecule has 1 aliphatic heterocycles. The minimum absolute atomic E-state index is 0.00721. The Kier molecular flexibility index (Phi) is 6.39. The summed E-state index contributed by atoms with van der Waals surface area (Å²) in [5, 5.41) is 32.5. The first kappa shape index (κ1) is 23.9. The fourth-order valence-corrected chi connectivity index (χ4v) is 4.63. The highest BCUT2D eigenvalue weighted by molar-refractivity contribution is 5.87. The van der Waals surface area contributed by atoms with Gasteiger partial charge in [0, 0.05) is 37.0 Å². The highest BCUT2D eigenvalue weighted by atomic mass is 16.5. The molecule has 0 saturated carbocycles. The van der Waals surface area contributed by atoms with Gasteiger partial charge in [0.25, 0.3) is 0 Å². The van der Waals surface area contributed by atoms with Crippen molar-refractivity contribution in [3.8, 4) is 11.5 Å². The summed E-state index contributed by atoms with van der Waals surface area (Å²) < 4.78 is 12.1. The number of aromatic hydroxyl groups is 1. The summed E-state index contributed by atoms with van der Waals surface area (Å²) in [6.07, 6.45) is 2.83. The normalized spacial score (nSPS) is 20.2. The standard InChI is InChI=1S/C30H28O6/c1-30(14-8-13-19-9-4-2-5-10-19)27(33)16-21-24(36-30)18-26-28(29(21)34)23(32)17-25(35-26)22(31)15-20-11-6-3-7-12-20/h2-13,17-18,22,27,31,33-34H,14-16H2,1H3. The molecule has 3 atom stereocenters. The number of fused-ring (bicyclic) bond motifs is 2. The number of ether oxygens (including phenoxy) is 1. The number of hydrogen-bond donors (Lipinski definition) is 3. The summed E-state index contributed by atoms with van der Waals surface area (Å²) in [5.74, 6) is 0.195. The van der Waals surface area contributed by atoms with Gasteiger partial charge >= 0.3 is 0 Å². The molecule has 6 nitrogen and oxygen atoms in total. The lowest BCUT2D eigenvalue weighted by Gasteiger charge is -2.39. The van der Waals surface area contributed by atoms with Gasteiger partial charge in [-0.2, -0.15) is 0 Å². The second-order valence-electron chi connectivity index (χ2n) is 9.45. The number of hydrogen-bond acceptors (Lipinski definition) is 6. The maximum atomic E-state index is 12.9. The molecule has 0 amide bonds. The van der Waals surface area contributed by atoms with Crippen LogP contribution in [0.2, 0.25) is 0 Å². The predicted octanol–water partition coefficient (Wildman–Crippen LogP) is 4.93. The van der Waals surface area contributed by atoms with Crippen LogP contribution >= 0.6 is 0 Å². The Hall–Kier alpha value is -3.87. The number of phenolic OH excluding ortho intramolecular Hbond substituents is 1. The summed E-state index contributed by atoms with van der Waals surface area (Å²) in [7, 11) is 0. The molecular formula is C30H28O6. The van der Waals surface area contributed by atoms with Crippen molar-refractivity contribution in [2.24, 2.45) is 0 Å². The van der Waals surface area contributed by atoms with Crippen molar-refractivity contribution in [2.45, 2.75) is 44.0 Å². The number of rotatable bonds is 6. The van der Waals surface area contributed by atoms with E-state index in [0.29, 0.717) is 17.7 Å². The van der Waals surface area contributed by atoms with E-state index in [1.165, 1.54) is 6.07 Å². The van der Waals surface area contributed by atoms with E-state index in [9.17, 15) is 20.1 Å². The first-order valence-corrected chi connectivity index (χ1v) is 12.0. The van der Waals surface area contributed by atoms with Crippen molar-refractivity contribution in [1.29, 1.82) is 0 Å². The zero-order valence-corrected chi connectivity index (χ0v) is 19.9. The molecule has 4 aromatic rings. The smallest absolute Gasteiger partial charge is 0.196 e. The van der Waals surface area contributed by atoms with Gasteiger partial charge in [0.05, 0.1) is 6.10 Å². The van der Waals surface area contributed by atoms with Gasteiger partial charge in [0.15, 0.2) is 5.43 Å². The molecule has 1 aliphatic rings. The van der Waals surface area contributed by atoms with Crippen LogP contribution in [0.4, 0.5) is 0 Å². The van der Waals surface area contributed by atoms with Crippen molar-refractivity contribution in [2.75, 3.05) is 0 Å². The molecule has 0 aliphatic carbocycles. The molecule has 184 valence electrons. The van der Waals surface area contributed by atoms with E-state index in [-0.39, 0.29) is 35.3 Å². The zero-order chi connectivity index (χ0) is 25.3. The quantitative estimate of drug-likeness (QED) is 0.359. The average Bonchev–Trinajstić information content (AvgIpc) is 2.86. The molecule has 0 bridgehead atoms. The SMILES string of the molecule is CC1(CC=Cc2ccccc2)Oc2cc3oc(C(O)Cc4ccccc4)cc(=O)c3c(O)c2CC1O. The van der Waals surface area contributed by atoms with E-state index in [2.05, 4.69) is 0 Å². The maximum absolute atomic E-state index is 12.9. The number of aliphatic hydroxyl groups is 2. The van der Waals surface area contributed by atoms with Gasteiger partial charge in [-0.15, -0.1) is 0 Å². The number of benzene rings is 3. The van der Waals surface area contributed by atoms with Gasteiger partial charge < -0.3 is 24.5 Å². The molecule has 0 spiro atoms. The van der Waals surface area contributed by atoms with Gasteiger partial charge in [0.2, 0.25) is 0 Å². The summed E-state index contributed by atoms with van der Waals surface area (Å²) in [5.41, 5.74) is 1.02. The third-order valence-corrected chi connectivity index (χ3v) is 6.76. The number of phenols is 1. The fourth-order valence-electron chi connectivity index (χ4n) is 4.63. The summed E-state index contributed by atoms with van der Waals surface area (Å²) >= 11 is 0. The van der Waals surface area contributed by atoms with E-state index in [1.54, 1.807) is 6.07 Å². The second-order valence-corrected chi connectivity index (χ2v) is 9.45. The van der Waals surface area contributed by atoms with Crippen molar-refractivity contribution >= 4 is 17.0 Å². The van der Waals surface area contributed by atoms with Crippen molar-refractivity contribution in [3.63, 3.8) is 0 Å². The largest absolute Gasteiger partial charge is 0.507 e. The minimum Gasteiger partial charge on any atom is -0.507 e. The molecule has 0 saturated heterocycles. The molecule has 3 aromatic carbocycles. The predicted molar refractivity (Wildman–Crippen MR) is 138 cm³/mol.